The lowest BCUT2D eigenvalue weighted by Gasteiger charge is -2.08. The molecule has 0 aromatic heterocycles. The summed E-state index contributed by atoms with van der Waals surface area (Å²) < 4.78 is 0.707. The monoisotopic (exact) mass is 305 g/mol. The standard InChI is InChI=1S/C10H9BrClNO3/c1-5(10(15)16)9(14)13-6-2-3-7(11)8(12)4-6/h2-5H,1H3,(H,13,14)(H,15,16). The zero-order chi connectivity index (χ0) is 12.3. The summed E-state index contributed by atoms with van der Waals surface area (Å²) in [7, 11) is 0. The Morgan fingerprint density at radius 1 is 1.50 bits per heavy atom. The molecule has 0 aliphatic rings. The first-order valence-corrected chi connectivity index (χ1v) is 5.57. The quantitative estimate of drug-likeness (QED) is 0.844. The number of hydrogen-bond acceptors (Lipinski definition) is 2. The van der Waals surface area contributed by atoms with Crippen molar-refractivity contribution < 1.29 is 14.7 Å². The summed E-state index contributed by atoms with van der Waals surface area (Å²) in [5.74, 6) is -2.84. The highest BCUT2D eigenvalue weighted by molar-refractivity contribution is 9.10. The number of carboxylic acid groups (broad SMARTS) is 1. The van der Waals surface area contributed by atoms with Gasteiger partial charge in [0.05, 0.1) is 5.02 Å². The van der Waals surface area contributed by atoms with Gasteiger partial charge in [0, 0.05) is 10.2 Å². The molecular weight excluding hydrogens is 297 g/mol. The van der Waals surface area contributed by atoms with Crippen LogP contribution in [-0.4, -0.2) is 17.0 Å². The van der Waals surface area contributed by atoms with Gasteiger partial charge >= 0.3 is 5.97 Å². The first kappa shape index (κ1) is 13.0. The van der Waals surface area contributed by atoms with E-state index in [9.17, 15) is 9.59 Å². The maximum Gasteiger partial charge on any atom is 0.315 e. The molecule has 1 amide bonds. The number of halogens is 2. The number of aliphatic carboxylic acids is 1. The predicted octanol–water partition coefficient (Wildman–Crippen LogP) is 2.76. The molecule has 0 fully saturated rings. The average molecular weight is 307 g/mol. The van der Waals surface area contributed by atoms with Crippen molar-refractivity contribution in [2.24, 2.45) is 5.92 Å². The lowest BCUT2D eigenvalue weighted by Crippen LogP contribution is -2.26. The molecule has 4 nitrogen and oxygen atoms in total. The van der Waals surface area contributed by atoms with Crippen molar-refractivity contribution in [3.8, 4) is 0 Å². The van der Waals surface area contributed by atoms with Gasteiger partial charge in [0.2, 0.25) is 5.91 Å². The van der Waals surface area contributed by atoms with Crippen LogP contribution in [0.5, 0.6) is 0 Å². The van der Waals surface area contributed by atoms with E-state index in [1.165, 1.54) is 13.0 Å². The fourth-order valence-corrected chi connectivity index (χ4v) is 1.36. The van der Waals surface area contributed by atoms with Crippen molar-refractivity contribution in [3.63, 3.8) is 0 Å². The van der Waals surface area contributed by atoms with Crippen LogP contribution in [0.1, 0.15) is 6.92 Å². The Bertz CT molecular complexity index is 436. The molecule has 1 rings (SSSR count). The molecule has 1 atom stereocenters. The Morgan fingerprint density at radius 3 is 2.62 bits per heavy atom. The minimum Gasteiger partial charge on any atom is -0.481 e. The molecule has 16 heavy (non-hydrogen) atoms. The number of anilines is 1. The number of carbonyl (C=O) groups excluding carboxylic acids is 1. The summed E-state index contributed by atoms with van der Waals surface area (Å²) in [4.78, 5) is 22.0. The van der Waals surface area contributed by atoms with Gasteiger partial charge in [-0.3, -0.25) is 9.59 Å². The number of carbonyl (C=O) groups is 2. The van der Waals surface area contributed by atoms with Gasteiger partial charge in [-0.2, -0.15) is 0 Å². The van der Waals surface area contributed by atoms with E-state index >= 15 is 0 Å². The van der Waals surface area contributed by atoms with Crippen LogP contribution in [-0.2, 0) is 9.59 Å². The maximum atomic E-state index is 11.4. The van der Waals surface area contributed by atoms with Crippen molar-refractivity contribution in [2.75, 3.05) is 5.32 Å². The molecule has 2 N–H and O–H groups in total. The molecule has 0 spiro atoms. The van der Waals surface area contributed by atoms with Gasteiger partial charge in [-0.1, -0.05) is 11.6 Å². The maximum absolute atomic E-state index is 11.4. The molecule has 0 aliphatic heterocycles. The van der Waals surface area contributed by atoms with E-state index in [1.54, 1.807) is 12.1 Å². The molecule has 0 saturated carbocycles. The van der Waals surface area contributed by atoms with E-state index in [0.717, 1.165) is 0 Å². The molecule has 6 heteroatoms. The largest absolute Gasteiger partial charge is 0.481 e. The highest BCUT2D eigenvalue weighted by atomic mass is 79.9. The summed E-state index contributed by atoms with van der Waals surface area (Å²) in [5, 5.41) is 11.5. The van der Waals surface area contributed by atoms with Crippen molar-refractivity contribution in [1.82, 2.24) is 0 Å². The van der Waals surface area contributed by atoms with Crippen LogP contribution in [0.25, 0.3) is 0 Å². The third kappa shape index (κ3) is 3.21. The Kier molecular flexibility index (Phi) is 4.32. The summed E-state index contributed by atoms with van der Waals surface area (Å²) in [5.41, 5.74) is 0.464. The SMILES string of the molecule is CC(C(=O)O)C(=O)Nc1ccc(Br)c(Cl)c1. The van der Waals surface area contributed by atoms with Gasteiger partial charge in [-0.15, -0.1) is 0 Å². The van der Waals surface area contributed by atoms with Gasteiger partial charge in [-0.05, 0) is 41.1 Å². The Morgan fingerprint density at radius 2 is 2.12 bits per heavy atom. The first-order chi connectivity index (χ1) is 7.41. The minimum absolute atomic E-state index is 0.445. The van der Waals surface area contributed by atoms with Crippen LogP contribution in [0.2, 0.25) is 5.02 Å². The highest BCUT2D eigenvalue weighted by Gasteiger charge is 2.20. The van der Waals surface area contributed by atoms with Crippen LogP contribution in [0.15, 0.2) is 22.7 Å². The lowest BCUT2D eigenvalue weighted by molar-refractivity contribution is -0.144. The van der Waals surface area contributed by atoms with Gasteiger partial charge in [0.15, 0.2) is 0 Å². The van der Waals surface area contributed by atoms with Crippen molar-refractivity contribution in [1.29, 1.82) is 0 Å². The highest BCUT2D eigenvalue weighted by Crippen LogP contribution is 2.25. The van der Waals surface area contributed by atoms with Crippen LogP contribution < -0.4 is 5.32 Å². The second-order valence-corrected chi connectivity index (χ2v) is 4.44. The third-order valence-electron chi connectivity index (χ3n) is 1.95. The fraction of sp³-hybridized carbons (Fsp3) is 0.200. The molecule has 0 radical (unpaired) electrons. The lowest BCUT2D eigenvalue weighted by atomic mass is 10.1. The van der Waals surface area contributed by atoms with Crippen LogP contribution in [0.4, 0.5) is 5.69 Å². The summed E-state index contributed by atoms with van der Waals surface area (Å²) >= 11 is 9.03. The number of rotatable bonds is 3. The number of carboxylic acids is 1. The van der Waals surface area contributed by atoms with Crippen molar-refractivity contribution >= 4 is 45.1 Å². The number of nitrogens with one attached hydrogen (secondary N) is 1. The van der Waals surface area contributed by atoms with E-state index < -0.39 is 17.8 Å². The first-order valence-electron chi connectivity index (χ1n) is 4.40. The Hall–Kier alpha value is -1.07. The minimum atomic E-state index is -1.17. The second kappa shape index (κ2) is 5.32. The van der Waals surface area contributed by atoms with E-state index in [-0.39, 0.29) is 0 Å². The van der Waals surface area contributed by atoms with E-state index in [1.807, 2.05) is 0 Å². The van der Waals surface area contributed by atoms with Crippen LogP contribution >= 0.6 is 27.5 Å². The molecular formula is C10H9BrClNO3. The Balaban J connectivity index is 2.77. The number of benzene rings is 1. The molecule has 0 heterocycles. The Labute approximate surface area is 106 Å². The van der Waals surface area contributed by atoms with Gasteiger partial charge in [0.1, 0.15) is 5.92 Å². The molecule has 0 bridgehead atoms. The number of hydrogen-bond donors (Lipinski definition) is 2. The molecule has 1 aromatic rings. The van der Waals surface area contributed by atoms with Crippen molar-refractivity contribution in [3.05, 3.63) is 27.7 Å². The van der Waals surface area contributed by atoms with Crippen LogP contribution in [0, 0.1) is 5.92 Å². The van der Waals surface area contributed by atoms with E-state index in [4.69, 9.17) is 16.7 Å². The molecule has 1 aromatic carbocycles. The average Bonchev–Trinajstić information content (AvgIpc) is 2.22. The number of amides is 1. The van der Waals surface area contributed by atoms with E-state index in [2.05, 4.69) is 21.2 Å². The molecule has 0 saturated heterocycles. The summed E-state index contributed by atoms with van der Waals surface area (Å²) in [6, 6.07) is 4.84. The normalized spacial score (nSPS) is 11.9. The van der Waals surface area contributed by atoms with Gasteiger partial charge in [0.25, 0.3) is 0 Å². The smallest absolute Gasteiger partial charge is 0.315 e. The zero-order valence-electron chi connectivity index (χ0n) is 8.33. The second-order valence-electron chi connectivity index (χ2n) is 3.18. The van der Waals surface area contributed by atoms with E-state index in [0.29, 0.717) is 15.2 Å². The summed E-state index contributed by atoms with van der Waals surface area (Å²) in [6.07, 6.45) is 0. The van der Waals surface area contributed by atoms with Gasteiger partial charge in [-0.25, -0.2) is 0 Å². The molecule has 1 unspecified atom stereocenters. The fourth-order valence-electron chi connectivity index (χ4n) is 0.937. The zero-order valence-corrected chi connectivity index (χ0v) is 10.7. The topological polar surface area (TPSA) is 66.4 Å². The van der Waals surface area contributed by atoms with Crippen molar-refractivity contribution in [2.45, 2.75) is 6.92 Å². The third-order valence-corrected chi connectivity index (χ3v) is 3.18. The predicted molar refractivity (Wildman–Crippen MR) is 64.6 cm³/mol. The molecule has 86 valence electrons. The van der Waals surface area contributed by atoms with Gasteiger partial charge < -0.3 is 10.4 Å². The molecule has 0 aliphatic carbocycles. The summed E-state index contributed by atoms with van der Waals surface area (Å²) in [6.45, 7) is 1.32. The van der Waals surface area contributed by atoms with Crippen LogP contribution in [0.3, 0.4) is 0 Å².